The summed E-state index contributed by atoms with van der Waals surface area (Å²) in [6.07, 6.45) is 4.40. The second kappa shape index (κ2) is 7.97. The summed E-state index contributed by atoms with van der Waals surface area (Å²) in [4.78, 5) is 27.4. The van der Waals surface area contributed by atoms with Gasteiger partial charge in [-0.05, 0) is 48.8 Å². The van der Waals surface area contributed by atoms with Crippen molar-refractivity contribution in [1.29, 1.82) is 0 Å². The molecule has 0 saturated heterocycles. The smallest absolute Gasteiger partial charge is 0.237 e. The van der Waals surface area contributed by atoms with Gasteiger partial charge in [0, 0.05) is 28.4 Å². The molecule has 1 amide bonds. The van der Waals surface area contributed by atoms with Gasteiger partial charge in [0.15, 0.2) is 0 Å². The van der Waals surface area contributed by atoms with Gasteiger partial charge in [-0.1, -0.05) is 50.7 Å². The lowest BCUT2D eigenvalue weighted by atomic mass is 9.89. The number of aromatic nitrogens is 2. The minimum absolute atomic E-state index is 0.167. The maximum absolute atomic E-state index is 13.1. The lowest BCUT2D eigenvalue weighted by molar-refractivity contribution is -0.116. The number of hydrogen-bond donors (Lipinski definition) is 0. The SMILES string of the molecule is CC1CCc2c(sc3nc(C(C)C)nc(SCC(=O)N4CCc5ccccc54)c23)C1. The van der Waals surface area contributed by atoms with Gasteiger partial charge in [-0.3, -0.25) is 4.79 Å². The number of thioether (sulfide) groups is 1. The minimum atomic E-state index is 0.167. The summed E-state index contributed by atoms with van der Waals surface area (Å²) in [5.41, 5.74) is 3.77. The summed E-state index contributed by atoms with van der Waals surface area (Å²) in [6, 6.07) is 8.24. The summed E-state index contributed by atoms with van der Waals surface area (Å²) in [5, 5.41) is 2.21. The number of rotatable bonds is 4. The first-order valence-electron chi connectivity index (χ1n) is 10.8. The monoisotopic (exact) mass is 437 g/mol. The summed E-state index contributed by atoms with van der Waals surface area (Å²) in [7, 11) is 0. The first-order chi connectivity index (χ1) is 14.5. The van der Waals surface area contributed by atoms with Crippen molar-refractivity contribution in [2.75, 3.05) is 17.2 Å². The molecule has 0 N–H and O–H groups in total. The first kappa shape index (κ1) is 20.0. The molecule has 4 nitrogen and oxygen atoms in total. The van der Waals surface area contributed by atoms with E-state index >= 15 is 0 Å². The van der Waals surface area contributed by atoms with Crippen LogP contribution in [0.15, 0.2) is 29.3 Å². The van der Waals surface area contributed by atoms with Crippen LogP contribution in [-0.4, -0.2) is 28.2 Å². The van der Waals surface area contributed by atoms with E-state index in [-0.39, 0.29) is 11.8 Å². The van der Waals surface area contributed by atoms with Gasteiger partial charge in [0.25, 0.3) is 0 Å². The molecule has 1 aromatic carbocycles. The standard InChI is InChI=1S/C24H27N3OS2/c1-14(2)22-25-23(21-17-9-8-15(3)12-19(17)30-24(21)26-22)29-13-20(28)27-11-10-16-6-4-5-7-18(16)27/h4-7,14-15H,8-13H2,1-3H3. The van der Waals surface area contributed by atoms with Gasteiger partial charge in [0.2, 0.25) is 5.91 Å². The fourth-order valence-corrected chi connectivity index (χ4v) is 6.89. The zero-order valence-electron chi connectivity index (χ0n) is 17.8. The number of benzene rings is 1. The van der Waals surface area contributed by atoms with Crippen molar-refractivity contribution in [2.45, 2.75) is 57.4 Å². The molecular weight excluding hydrogens is 410 g/mol. The van der Waals surface area contributed by atoms with E-state index in [1.807, 2.05) is 28.4 Å². The van der Waals surface area contributed by atoms with Gasteiger partial charge in [0.1, 0.15) is 15.7 Å². The van der Waals surface area contributed by atoms with Crippen LogP contribution >= 0.6 is 23.1 Å². The van der Waals surface area contributed by atoms with Gasteiger partial charge >= 0.3 is 0 Å². The van der Waals surface area contributed by atoms with Crippen LogP contribution in [0.4, 0.5) is 5.69 Å². The summed E-state index contributed by atoms with van der Waals surface area (Å²) < 4.78 is 0. The van der Waals surface area contributed by atoms with Crippen LogP contribution in [0.2, 0.25) is 0 Å². The molecule has 1 atom stereocenters. The highest BCUT2D eigenvalue weighted by molar-refractivity contribution is 8.00. The number of para-hydroxylation sites is 1. The van der Waals surface area contributed by atoms with Crippen LogP contribution in [0.3, 0.4) is 0 Å². The van der Waals surface area contributed by atoms with Crippen molar-refractivity contribution in [2.24, 2.45) is 5.92 Å². The Balaban J connectivity index is 1.45. The Morgan fingerprint density at radius 1 is 1.27 bits per heavy atom. The third-order valence-corrected chi connectivity index (χ3v) is 8.28. The molecule has 156 valence electrons. The number of nitrogens with zero attached hydrogens (tertiary/aromatic N) is 3. The Morgan fingerprint density at radius 2 is 2.10 bits per heavy atom. The topological polar surface area (TPSA) is 46.1 Å². The Hall–Kier alpha value is -1.92. The molecule has 1 aliphatic carbocycles. The van der Waals surface area contributed by atoms with Crippen LogP contribution in [0.1, 0.15) is 54.9 Å². The number of anilines is 1. The molecule has 0 bridgehead atoms. The van der Waals surface area contributed by atoms with E-state index in [1.54, 1.807) is 11.8 Å². The number of hydrogen-bond acceptors (Lipinski definition) is 5. The van der Waals surface area contributed by atoms with E-state index in [0.717, 1.165) is 53.1 Å². The molecule has 0 saturated carbocycles. The number of thiophene rings is 1. The van der Waals surface area contributed by atoms with E-state index < -0.39 is 0 Å². The maximum atomic E-state index is 13.1. The van der Waals surface area contributed by atoms with Crippen LogP contribution < -0.4 is 4.90 Å². The highest BCUT2D eigenvalue weighted by atomic mass is 32.2. The third kappa shape index (κ3) is 3.54. The highest BCUT2D eigenvalue weighted by Gasteiger charge is 2.27. The molecular formula is C24H27N3OS2. The average molecular weight is 438 g/mol. The maximum Gasteiger partial charge on any atom is 0.237 e. The van der Waals surface area contributed by atoms with Gasteiger partial charge < -0.3 is 4.90 Å². The predicted octanol–water partition coefficient (Wildman–Crippen LogP) is 5.62. The fourth-order valence-electron chi connectivity index (χ4n) is 4.49. The van der Waals surface area contributed by atoms with E-state index in [1.165, 1.54) is 27.8 Å². The summed E-state index contributed by atoms with van der Waals surface area (Å²) in [5.74, 6) is 2.47. The molecule has 1 aliphatic heterocycles. The molecule has 5 rings (SSSR count). The van der Waals surface area contributed by atoms with Crippen LogP contribution in [0, 0.1) is 5.92 Å². The molecule has 0 spiro atoms. The lowest BCUT2D eigenvalue weighted by Gasteiger charge is -2.19. The van der Waals surface area contributed by atoms with E-state index in [0.29, 0.717) is 5.75 Å². The molecule has 30 heavy (non-hydrogen) atoms. The first-order valence-corrected chi connectivity index (χ1v) is 12.6. The average Bonchev–Trinajstić information content (AvgIpc) is 3.32. The highest BCUT2D eigenvalue weighted by Crippen LogP contribution is 2.41. The van der Waals surface area contributed by atoms with Crippen molar-refractivity contribution >= 4 is 44.9 Å². The number of aryl methyl sites for hydroxylation is 1. The molecule has 3 aromatic rings. The fraction of sp³-hybridized carbons (Fsp3) is 0.458. The minimum Gasteiger partial charge on any atom is -0.311 e. The van der Waals surface area contributed by atoms with Crippen molar-refractivity contribution in [3.05, 3.63) is 46.1 Å². The van der Waals surface area contributed by atoms with Crippen LogP contribution in [-0.2, 0) is 24.1 Å². The number of carbonyl (C=O) groups excluding carboxylic acids is 1. The van der Waals surface area contributed by atoms with Gasteiger partial charge in [-0.2, -0.15) is 0 Å². The number of amides is 1. The van der Waals surface area contributed by atoms with Gasteiger partial charge in [-0.15, -0.1) is 11.3 Å². The molecule has 1 unspecified atom stereocenters. The second-order valence-electron chi connectivity index (χ2n) is 8.79. The Morgan fingerprint density at radius 3 is 2.93 bits per heavy atom. The van der Waals surface area contributed by atoms with E-state index in [2.05, 4.69) is 32.9 Å². The molecule has 3 heterocycles. The van der Waals surface area contributed by atoms with Crippen molar-refractivity contribution < 1.29 is 4.79 Å². The Kier molecular flexibility index (Phi) is 5.31. The molecule has 2 aliphatic rings. The third-order valence-electron chi connectivity index (χ3n) is 6.18. The van der Waals surface area contributed by atoms with Crippen molar-refractivity contribution in [3.63, 3.8) is 0 Å². The van der Waals surface area contributed by atoms with Gasteiger partial charge in [-0.25, -0.2) is 9.97 Å². The Labute approximate surface area is 186 Å². The molecule has 6 heteroatoms. The summed E-state index contributed by atoms with van der Waals surface area (Å²) in [6.45, 7) is 7.39. The quantitative estimate of drug-likeness (QED) is 0.392. The number of carbonyl (C=O) groups is 1. The lowest BCUT2D eigenvalue weighted by Crippen LogP contribution is -2.30. The second-order valence-corrected chi connectivity index (χ2v) is 10.8. The zero-order chi connectivity index (χ0) is 20.8. The molecule has 2 aromatic heterocycles. The van der Waals surface area contributed by atoms with Crippen molar-refractivity contribution in [3.8, 4) is 0 Å². The number of fused-ring (bicyclic) bond motifs is 4. The van der Waals surface area contributed by atoms with E-state index in [9.17, 15) is 4.79 Å². The normalized spacial score (nSPS) is 18.1. The molecule has 0 radical (unpaired) electrons. The Bertz CT molecular complexity index is 1120. The van der Waals surface area contributed by atoms with Crippen LogP contribution in [0.25, 0.3) is 10.2 Å². The zero-order valence-corrected chi connectivity index (χ0v) is 19.4. The molecule has 0 fully saturated rings. The summed E-state index contributed by atoms with van der Waals surface area (Å²) >= 11 is 3.43. The van der Waals surface area contributed by atoms with Crippen LogP contribution in [0.5, 0.6) is 0 Å². The predicted molar refractivity (Wildman–Crippen MR) is 126 cm³/mol. The largest absolute Gasteiger partial charge is 0.311 e. The van der Waals surface area contributed by atoms with Crippen molar-refractivity contribution in [1.82, 2.24) is 9.97 Å². The van der Waals surface area contributed by atoms with E-state index in [4.69, 9.17) is 9.97 Å². The van der Waals surface area contributed by atoms with Gasteiger partial charge in [0.05, 0.1) is 5.75 Å².